The molecule has 200 valence electrons. The molecule has 0 saturated carbocycles. The zero-order valence-corrected chi connectivity index (χ0v) is 19.8. The fourth-order valence-corrected chi connectivity index (χ4v) is 4.50. The van der Waals surface area contributed by atoms with Gasteiger partial charge >= 0.3 is 0 Å². The third-order valence-electron chi connectivity index (χ3n) is 6.28. The number of benzene rings is 1. The van der Waals surface area contributed by atoms with Crippen molar-refractivity contribution in [3.63, 3.8) is 0 Å². The zero-order chi connectivity index (χ0) is 25.7. The summed E-state index contributed by atoms with van der Waals surface area (Å²) >= 11 is 0. The normalized spacial score (nSPS) is 40.8. The standard InChI is InChI=1S/C25H34O11/c1-3-10-30-22-19(29)25(34-16-13-32-23(36-21(16)22)14-8-6-5-7-9-14)35-20-15(12-26)33-24(31-11-4-2)18(28)17(20)27/h3-9,15-29H,1-2,10-13H2/t15-,16-,17-,18-,19-,20-,21+,22-,23?,24-,25+/m1/s1. The van der Waals surface area contributed by atoms with Crippen LogP contribution in [-0.4, -0.2) is 108 Å². The fraction of sp³-hybridized carbons (Fsp3) is 0.600. The van der Waals surface area contributed by atoms with E-state index in [9.17, 15) is 20.4 Å². The number of fused-ring (bicyclic) bond motifs is 1. The van der Waals surface area contributed by atoms with E-state index in [-0.39, 0.29) is 19.8 Å². The molecule has 11 nitrogen and oxygen atoms in total. The second-order valence-corrected chi connectivity index (χ2v) is 8.73. The quantitative estimate of drug-likeness (QED) is 0.310. The SMILES string of the molecule is C=CCO[C@@H]1O[C@H](CO)[C@@H](O[C@@H]2O[C@@H]3COC(c4ccccc4)O[C@@H]3[C@H](OCC=C)[C@H]2O)[C@H](O)[C@H]1O. The molecule has 3 aliphatic heterocycles. The van der Waals surface area contributed by atoms with Crippen LogP contribution in [0.4, 0.5) is 0 Å². The highest BCUT2D eigenvalue weighted by Gasteiger charge is 2.53. The lowest BCUT2D eigenvalue weighted by atomic mass is 9.96. The molecule has 0 aliphatic carbocycles. The van der Waals surface area contributed by atoms with E-state index >= 15 is 0 Å². The first kappa shape index (κ1) is 27.3. The van der Waals surface area contributed by atoms with Crippen molar-refractivity contribution in [1.82, 2.24) is 0 Å². The first-order chi connectivity index (χ1) is 17.5. The second kappa shape index (κ2) is 12.7. The Labute approximate surface area is 209 Å². The molecule has 0 aromatic heterocycles. The van der Waals surface area contributed by atoms with Gasteiger partial charge < -0.3 is 53.6 Å². The van der Waals surface area contributed by atoms with Crippen LogP contribution in [0.5, 0.6) is 0 Å². The first-order valence-corrected chi connectivity index (χ1v) is 11.9. The molecule has 36 heavy (non-hydrogen) atoms. The van der Waals surface area contributed by atoms with Gasteiger partial charge in [-0.25, -0.2) is 0 Å². The van der Waals surface area contributed by atoms with Gasteiger partial charge in [-0.1, -0.05) is 42.5 Å². The van der Waals surface area contributed by atoms with E-state index in [1.165, 1.54) is 6.08 Å². The predicted octanol–water partition coefficient (Wildman–Crippen LogP) is -0.216. The van der Waals surface area contributed by atoms with E-state index in [0.717, 1.165) is 5.56 Å². The molecule has 4 rings (SSSR count). The minimum atomic E-state index is -1.51. The third-order valence-corrected chi connectivity index (χ3v) is 6.28. The van der Waals surface area contributed by atoms with E-state index < -0.39 is 74.3 Å². The van der Waals surface area contributed by atoms with Crippen molar-refractivity contribution in [2.24, 2.45) is 0 Å². The third kappa shape index (κ3) is 5.87. The van der Waals surface area contributed by atoms with Crippen molar-refractivity contribution in [3.8, 4) is 0 Å². The zero-order valence-electron chi connectivity index (χ0n) is 19.8. The van der Waals surface area contributed by atoms with Gasteiger partial charge in [-0.15, -0.1) is 13.2 Å². The van der Waals surface area contributed by atoms with Crippen LogP contribution in [0.3, 0.4) is 0 Å². The molecular weight excluding hydrogens is 476 g/mol. The molecule has 3 heterocycles. The summed E-state index contributed by atoms with van der Waals surface area (Å²) in [6, 6.07) is 9.36. The van der Waals surface area contributed by atoms with E-state index in [2.05, 4.69) is 13.2 Å². The van der Waals surface area contributed by atoms with Crippen LogP contribution in [0.1, 0.15) is 11.9 Å². The largest absolute Gasteiger partial charge is 0.394 e. The Morgan fingerprint density at radius 1 is 0.861 bits per heavy atom. The lowest BCUT2D eigenvalue weighted by molar-refractivity contribution is -0.387. The predicted molar refractivity (Wildman–Crippen MR) is 123 cm³/mol. The molecule has 1 aromatic carbocycles. The van der Waals surface area contributed by atoms with Crippen molar-refractivity contribution in [2.75, 3.05) is 26.4 Å². The van der Waals surface area contributed by atoms with Gasteiger partial charge in [-0.05, 0) is 0 Å². The van der Waals surface area contributed by atoms with Gasteiger partial charge in [0.1, 0.15) is 48.8 Å². The molecule has 3 aliphatic rings. The summed E-state index contributed by atoms with van der Waals surface area (Å²) in [4.78, 5) is 0. The highest BCUT2D eigenvalue weighted by atomic mass is 16.8. The molecule has 1 unspecified atom stereocenters. The smallest absolute Gasteiger partial charge is 0.187 e. The Hall–Kier alpha value is -1.74. The molecule has 0 radical (unpaired) electrons. The molecule has 11 atom stereocenters. The van der Waals surface area contributed by atoms with Gasteiger partial charge in [0, 0.05) is 5.56 Å². The lowest BCUT2D eigenvalue weighted by Crippen LogP contribution is -2.66. The maximum absolute atomic E-state index is 11.1. The van der Waals surface area contributed by atoms with Gasteiger partial charge in [0.15, 0.2) is 18.9 Å². The molecule has 0 spiro atoms. The number of hydrogen-bond acceptors (Lipinski definition) is 11. The van der Waals surface area contributed by atoms with Gasteiger partial charge in [-0.2, -0.15) is 0 Å². The van der Waals surface area contributed by atoms with Crippen LogP contribution in [0.2, 0.25) is 0 Å². The van der Waals surface area contributed by atoms with Crippen LogP contribution in [0.25, 0.3) is 0 Å². The Balaban J connectivity index is 1.49. The number of hydrogen-bond donors (Lipinski definition) is 4. The number of aliphatic hydroxyl groups is 4. The molecular formula is C25H34O11. The maximum Gasteiger partial charge on any atom is 0.187 e. The number of aliphatic hydroxyl groups excluding tert-OH is 4. The highest BCUT2D eigenvalue weighted by Crippen LogP contribution is 2.37. The fourth-order valence-electron chi connectivity index (χ4n) is 4.50. The van der Waals surface area contributed by atoms with Crippen LogP contribution in [0, 0.1) is 0 Å². The Morgan fingerprint density at radius 3 is 2.28 bits per heavy atom. The Morgan fingerprint density at radius 2 is 1.58 bits per heavy atom. The average Bonchev–Trinajstić information content (AvgIpc) is 2.91. The monoisotopic (exact) mass is 510 g/mol. The van der Waals surface area contributed by atoms with Crippen molar-refractivity contribution in [3.05, 3.63) is 61.2 Å². The molecule has 0 bridgehead atoms. The molecule has 3 fully saturated rings. The molecule has 4 N–H and O–H groups in total. The van der Waals surface area contributed by atoms with Gasteiger partial charge in [0.25, 0.3) is 0 Å². The van der Waals surface area contributed by atoms with Crippen molar-refractivity contribution < 1.29 is 53.6 Å². The van der Waals surface area contributed by atoms with Crippen LogP contribution >= 0.6 is 0 Å². The van der Waals surface area contributed by atoms with Crippen LogP contribution in [-0.2, 0) is 33.2 Å². The van der Waals surface area contributed by atoms with Crippen molar-refractivity contribution >= 4 is 0 Å². The Bertz CT molecular complexity index is 837. The maximum atomic E-state index is 11.1. The summed E-state index contributed by atoms with van der Waals surface area (Å²) in [6.07, 6.45) is -9.07. The van der Waals surface area contributed by atoms with Crippen LogP contribution < -0.4 is 0 Å². The Kier molecular flexibility index (Phi) is 9.61. The van der Waals surface area contributed by atoms with Gasteiger partial charge in [0.05, 0.1) is 26.4 Å². The summed E-state index contributed by atoms with van der Waals surface area (Å²) in [5.74, 6) is 0. The molecule has 0 amide bonds. The molecule has 1 aromatic rings. The van der Waals surface area contributed by atoms with Crippen molar-refractivity contribution in [1.29, 1.82) is 0 Å². The van der Waals surface area contributed by atoms with E-state index in [4.69, 9.17) is 33.2 Å². The molecule has 3 saturated heterocycles. The molecule has 11 heteroatoms. The number of ether oxygens (including phenoxy) is 7. The summed E-state index contributed by atoms with van der Waals surface area (Å²) in [5.41, 5.74) is 0.807. The average molecular weight is 511 g/mol. The van der Waals surface area contributed by atoms with Crippen molar-refractivity contribution in [2.45, 2.75) is 67.7 Å². The minimum absolute atomic E-state index is 0.0674. The summed E-state index contributed by atoms with van der Waals surface area (Å²) in [6.45, 7) is 6.97. The summed E-state index contributed by atoms with van der Waals surface area (Å²) in [5, 5.41) is 42.2. The van der Waals surface area contributed by atoms with E-state index in [1.54, 1.807) is 6.08 Å². The van der Waals surface area contributed by atoms with Gasteiger partial charge in [0.2, 0.25) is 0 Å². The van der Waals surface area contributed by atoms with E-state index in [1.807, 2.05) is 30.3 Å². The summed E-state index contributed by atoms with van der Waals surface area (Å²) < 4.78 is 40.6. The second-order valence-electron chi connectivity index (χ2n) is 8.73. The highest BCUT2D eigenvalue weighted by molar-refractivity contribution is 5.16. The summed E-state index contributed by atoms with van der Waals surface area (Å²) in [7, 11) is 0. The minimum Gasteiger partial charge on any atom is -0.394 e. The van der Waals surface area contributed by atoms with Crippen LogP contribution in [0.15, 0.2) is 55.6 Å². The topological polar surface area (TPSA) is 146 Å². The lowest BCUT2D eigenvalue weighted by Gasteiger charge is -2.49. The number of rotatable bonds is 10. The first-order valence-electron chi connectivity index (χ1n) is 11.9. The van der Waals surface area contributed by atoms with Gasteiger partial charge in [-0.3, -0.25) is 0 Å². The van der Waals surface area contributed by atoms with E-state index in [0.29, 0.717) is 0 Å².